The van der Waals surface area contributed by atoms with E-state index in [1.165, 1.54) is 0 Å². The summed E-state index contributed by atoms with van der Waals surface area (Å²) < 4.78 is 10.1. The molecule has 0 aliphatic rings. The van der Waals surface area contributed by atoms with Crippen LogP contribution in [0, 0.1) is 13.8 Å². The summed E-state index contributed by atoms with van der Waals surface area (Å²) in [5.41, 5.74) is 5.59. The van der Waals surface area contributed by atoms with Gasteiger partial charge in [0.1, 0.15) is 12.1 Å². The molecule has 0 unspecified atom stereocenters. The van der Waals surface area contributed by atoms with E-state index in [0.29, 0.717) is 5.82 Å². The molecule has 0 atom stereocenters. The molecule has 0 radical (unpaired) electrons. The van der Waals surface area contributed by atoms with Crippen LogP contribution in [0.5, 0.6) is 5.75 Å². The highest BCUT2D eigenvalue weighted by Crippen LogP contribution is 2.33. The second kappa shape index (κ2) is 8.48. The number of aromatic nitrogens is 6. The summed E-state index contributed by atoms with van der Waals surface area (Å²) in [6.07, 6.45) is 3.32. The van der Waals surface area contributed by atoms with Crippen molar-refractivity contribution in [2.45, 2.75) is 20.5 Å². The first kappa shape index (κ1) is 21.2. The van der Waals surface area contributed by atoms with Gasteiger partial charge in [-0.2, -0.15) is 0 Å². The average Bonchev–Trinajstić information content (AvgIpc) is 3.56. The van der Waals surface area contributed by atoms with E-state index in [4.69, 9.17) is 24.5 Å². The van der Waals surface area contributed by atoms with Gasteiger partial charge in [-0.15, -0.1) is 5.10 Å². The number of hydrogen-bond donors (Lipinski definition) is 0. The first-order chi connectivity index (χ1) is 17.1. The van der Waals surface area contributed by atoms with Crippen LogP contribution in [-0.4, -0.2) is 42.5 Å². The lowest BCUT2D eigenvalue weighted by molar-refractivity contribution is 0.126. The molecule has 0 saturated carbocycles. The fourth-order valence-electron chi connectivity index (χ4n) is 4.04. The smallest absolute Gasteiger partial charge is 0.196 e. The van der Waals surface area contributed by atoms with Crippen LogP contribution in [0.2, 0.25) is 0 Å². The van der Waals surface area contributed by atoms with Crippen molar-refractivity contribution in [1.82, 2.24) is 29.1 Å². The Kier molecular flexibility index (Phi) is 5.14. The molecule has 0 aliphatic heterocycles. The summed E-state index contributed by atoms with van der Waals surface area (Å²) in [5, 5.41) is 10.4. The number of ether oxygens (including phenoxy) is 1. The molecule has 9 nitrogen and oxygen atoms in total. The van der Waals surface area contributed by atoms with Crippen molar-refractivity contribution in [3.8, 4) is 10.9 Å². The lowest BCUT2D eigenvalue weighted by Gasteiger charge is -2.02. The molecular formula is C25H21N7O2S. The van der Waals surface area contributed by atoms with Crippen LogP contribution >= 0.6 is 11.3 Å². The van der Waals surface area contributed by atoms with Crippen molar-refractivity contribution in [2.75, 3.05) is 7.11 Å². The van der Waals surface area contributed by atoms with E-state index in [2.05, 4.69) is 34.7 Å². The normalized spacial score (nSPS) is 11.9. The van der Waals surface area contributed by atoms with Crippen molar-refractivity contribution in [1.29, 1.82) is 0 Å². The van der Waals surface area contributed by atoms with E-state index in [9.17, 15) is 0 Å². The fraction of sp³-hybridized carbons (Fsp3) is 0.160. The molecule has 10 heteroatoms. The van der Waals surface area contributed by atoms with Gasteiger partial charge in [0.15, 0.2) is 28.9 Å². The second-order valence-corrected chi connectivity index (χ2v) is 9.04. The molecule has 174 valence electrons. The number of rotatable bonds is 6. The largest absolute Gasteiger partial charge is 0.497 e. The molecule has 0 bridgehead atoms. The Labute approximate surface area is 204 Å². The monoisotopic (exact) mass is 483 g/mol. The zero-order valence-corrected chi connectivity index (χ0v) is 20.2. The number of para-hydroxylation sites is 1. The van der Waals surface area contributed by atoms with Gasteiger partial charge in [0.2, 0.25) is 0 Å². The van der Waals surface area contributed by atoms with Gasteiger partial charge in [-0.1, -0.05) is 28.6 Å². The Hall–Kier alpha value is -4.31. The average molecular weight is 484 g/mol. The fourth-order valence-corrected chi connectivity index (χ4v) is 5.06. The Morgan fingerprint density at radius 2 is 1.86 bits per heavy atom. The summed E-state index contributed by atoms with van der Waals surface area (Å²) >= 11 is 1.64. The van der Waals surface area contributed by atoms with Crippen LogP contribution in [0.1, 0.15) is 22.6 Å². The molecule has 35 heavy (non-hydrogen) atoms. The van der Waals surface area contributed by atoms with E-state index in [0.717, 1.165) is 54.6 Å². The van der Waals surface area contributed by atoms with Gasteiger partial charge in [-0.05, 0) is 61.4 Å². The van der Waals surface area contributed by atoms with E-state index in [1.54, 1.807) is 35.5 Å². The Balaban J connectivity index is 1.31. The van der Waals surface area contributed by atoms with Gasteiger partial charge in [-0.25, -0.2) is 19.5 Å². The number of nitrogens with zero attached hydrogens (tertiary/aromatic N) is 7. The minimum Gasteiger partial charge on any atom is -0.497 e. The molecule has 0 fully saturated rings. The molecule has 0 aliphatic carbocycles. The third-order valence-electron chi connectivity index (χ3n) is 5.94. The summed E-state index contributed by atoms with van der Waals surface area (Å²) in [5.74, 6) is 1.32. The molecule has 6 rings (SSSR count). The first-order valence-corrected chi connectivity index (χ1v) is 11.8. The molecule has 0 N–H and O–H groups in total. The van der Waals surface area contributed by atoms with E-state index < -0.39 is 0 Å². The van der Waals surface area contributed by atoms with Crippen molar-refractivity contribution < 1.29 is 9.57 Å². The van der Waals surface area contributed by atoms with Gasteiger partial charge in [0.05, 0.1) is 28.9 Å². The van der Waals surface area contributed by atoms with E-state index in [1.807, 2.05) is 42.5 Å². The Bertz CT molecular complexity index is 1680. The minimum atomic E-state index is 0.145. The maximum Gasteiger partial charge on any atom is 0.196 e. The van der Waals surface area contributed by atoms with Crippen LogP contribution in [-0.2, 0) is 11.4 Å². The summed E-state index contributed by atoms with van der Waals surface area (Å²) in [7, 11) is 1.63. The van der Waals surface area contributed by atoms with Crippen LogP contribution in [0.3, 0.4) is 0 Å². The summed E-state index contributed by atoms with van der Waals surface area (Å²) in [6.45, 7) is 4.30. The molecule has 4 aromatic heterocycles. The highest BCUT2D eigenvalue weighted by atomic mass is 32.1. The Morgan fingerprint density at radius 1 is 1.03 bits per heavy atom. The van der Waals surface area contributed by atoms with Gasteiger partial charge >= 0.3 is 0 Å². The quantitative estimate of drug-likeness (QED) is 0.248. The lowest BCUT2D eigenvalue weighted by Crippen LogP contribution is -1.98. The standard InChI is InChI=1S/C25H21N7O2S/c1-15-16(2)32(25-28-19-6-4-5-7-20(19)35-25)23-22(15)24-29-21(30-31(24)14-26-23)13-34-27-12-17-8-10-18(33-3)11-9-17/h4-12,14H,13H2,1-3H3. The van der Waals surface area contributed by atoms with Crippen LogP contribution in [0.15, 0.2) is 60.0 Å². The molecule has 0 spiro atoms. The zero-order chi connectivity index (χ0) is 23.9. The van der Waals surface area contributed by atoms with E-state index >= 15 is 0 Å². The molecular weight excluding hydrogens is 462 g/mol. The number of methoxy groups -OCH3 is 1. The van der Waals surface area contributed by atoms with E-state index in [-0.39, 0.29) is 6.61 Å². The molecule has 6 aromatic rings. The third-order valence-corrected chi connectivity index (χ3v) is 6.96. The van der Waals surface area contributed by atoms with Crippen LogP contribution in [0.4, 0.5) is 0 Å². The highest BCUT2D eigenvalue weighted by Gasteiger charge is 2.20. The Morgan fingerprint density at radius 3 is 2.66 bits per heavy atom. The lowest BCUT2D eigenvalue weighted by atomic mass is 10.2. The van der Waals surface area contributed by atoms with Crippen molar-refractivity contribution in [3.63, 3.8) is 0 Å². The second-order valence-electron chi connectivity index (χ2n) is 8.03. The van der Waals surface area contributed by atoms with Gasteiger partial charge in [-0.3, -0.25) is 4.57 Å². The third kappa shape index (κ3) is 3.68. The number of benzene rings is 2. The summed E-state index contributed by atoms with van der Waals surface area (Å²) in [6, 6.07) is 15.7. The zero-order valence-electron chi connectivity index (χ0n) is 19.3. The number of oxime groups is 1. The van der Waals surface area contributed by atoms with Crippen LogP contribution < -0.4 is 4.74 Å². The summed E-state index contributed by atoms with van der Waals surface area (Å²) in [4.78, 5) is 19.7. The molecule has 2 aromatic carbocycles. The van der Waals surface area contributed by atoms with Crippen molar-refractivity contribution in [3.05, 3.63) is 77.5 Å². The minimum absolute atomic E-state index is 0.145. The number of hydrogen-bond acceptors (Lipinski definition) is 8. The SMILES string of the molecule is COc1ccc(C=NOCc2nc3c4c(C)c(C)n(-c5nc6ccccc6s5)c4ncn3n2)cc1. The highest BCUT2D eigenvalue weighted by molar-refractivity contribution is 7.20. The molecule has 0 saturated heterocycles. The van der Waals surface area contributed by atoms with Crippen LogP contribution in [0.25, 0.3) is 32.0 Å². The maximum atomic E-state index is 5.45. The van der Waals surface area contributed by atoms with Gasteiger partial charge in [0, 0.05) is 5.69 Å². The molecule has 0 amide bonds. The van der Waals surface area contributed by atoms with Gasteiger partial charge < -0.3 is 9.57 Å². The predicted octanol–water partition coefficient (Wildman–Crippen LogP) is 4.85. The number of aryl methyl sites for hydroxylation is 1. The number of thiazole rings is 1. The molecule has 4 heterocycles. The number of fused-ring (bicyclic) bond motifs is 4. The van der Waals surface area contributed by atoms with Crippen molar-refractivity contribution >= 4 is 44.4 Å². The maximum absolute atomic E-state index is 5.45. The van der Waals surface area contributed by atoms with Crippen molar-refractivity contribution in [2.24, 2.45) is 5.16 Å². The predicted molar refractivity (Wildman–Crippen MR) is 136 cm³/mol. The first-order valence-electron chi connectivity index (χ1n) is 11.0. The topological polar surface area (TPSA) is 91.7 Å². The van der Waals surface area contributed by atoms with Gasteiger partial charge in [0.25, 0.3) is 0 Å².